The molecule has 1 unspecified atom stereocenters. The van der Waals surface area contributed by atoms with Crippen molar-refractivity contribution in [2.24, 2.45) is 11.8 Å². The molecule has 2 aromatic rings. The van der Waals surface area contributed by atoms with Gasteiger partial charge in [-0.05, 0) is 37.4 Å². The van der Waals surface area contributed by atoms with Crippen molar-refractivity contribution in [3.05, 3.63) is 42.2 Å². The molecule has 160 valence electrons. The Kier molecular flexibility index (Phi) is 5.68. The third-order valence-electron chi connectivity index (χ3n) is 6.63. The number of carbonyl (C=O) groups excluding carboxylic acids is 1. The zero-order valence-corrected chi connectivity index (χ0v) is 17.2. The van der Waals surface area contributed by atoms with Gasteiger partial charge in [-0.25, -0.2) is 0 Å². The van der Waals surface area contributed by atoms with Gasteiger partial charge < -0.3 is 14.4 Å². The Morgan fingerprint density at radius 3 is 2.77 bits per heavy atom. The number of ether oxygens (including phenoxy) is 2. The molecule has 0 spiro atoms. The second-order valence-electron chi connectivity index (χ2n) is 8.51. The molecule has 4 atom stereocenters. The molecule has 4 fully saturated rings. The molecule has 8 nitrogen and oxygen atoms in total. The number of hydrogen-bond donors (Lipinski definition) is 0. The molecule has 1 aromatic heterocycles. The van der Waals surface area contributed by atoms with Crippen LogP contribution in [0.4, 0.5) is 0 Å². The minimum absolute atomic E-state index is 0.138. The third-order valence-corrected chi connectivity index (χ3v) is 6.63. The summed E-state index contributed by atoms with van der Waals surface area (Å²) in [6, 6.07) is 10.2. The molecule has 1 aromatic carbocycles. The minimum Gasteiger partial charge on any atom is -0.487 e. The number of piperidine rings is 3. The summed E-state index contributed by atoms with van der Waals surface area (Å²) in [4.78, 5) is 17.5. The van der Waals surface area contributed by atoms with Gasteiger partial charge in [0.2, 0.25) is 5.91 Å². The minimum atomic E-state index is 0.138. The normalized spacial score (nSPS) is 28.5. The Morgan fingerprint density at radius 1 is 1.17 bits per heavy atom. The van der Waals surface area contributed by atoms with Crippen molar-refractivity contribution in [3.8, 4) is 5.75 Å². The summed E-state index contributed by atoms with van der Waals surface area (Å²) in [5.74, 6) is 1.77. The van der Waals surface area contributed by atoms with Crippen molar-refractivity contribution in [1.82, 2.24) is 24.8 Å². The number of nitrogens with zero attached hydrogens (tertiary/aromatic N) is 5. The van der Waals surface area contributed by atoms with Gasteiger partial charge in [0.05, 0.1) is 31.9 Å². The number of fused-ring (bicyclic) bond motifs is 3. The third kappa shape index (κ3) is 4.20. The highest BCUT2D eigenvalue weighted by Gasteiger charge is 2.44. The van der Waals surface area contributed by atoms with Crippen LogP contribution in [0.3, 0.4) is 0 Å². The summed E-state index contributed by atoms with van der Waals surface area (Å²) in [6.45, 7) is 5.96. The van der Waals surface area contributed by atoms with Crippen molar-refractivity contribution in [3.63, 3.8) is 0 Å². The average molecular weight is 412 g/mol. The number of morpholine rings is 1. The number of aromatic nitrogens is 3. The maximum atomic E-state index is 13.0. The fourth-order valence-corrected chi connectivity index (χ4v) is 5.01. The first-order chi connectivity index (χ1) is 14.8. The first kappa shape index (κ1) is 19.5. The van der Waals surface area contributed by atoms with E-state index in [0.717, 1.165) is 57.0 Å². The van der Waals surface area contributed by atoms with Gasteiger partial charge in [-0.15, -0.1) is 5.10 Å². The van der Waals surface area contributed by atoms with Gasteiger partial charge in [-0.3, -0.25) is 14.4 Å². The molecule has 0 saturated carbocycles. The average Bonchev–Trinajstić information content (AvgIpc) is 3.26. The van der Waals surface area contributed by atoms with Gasteiger partial charge in [-0.2, -0.15) is 0 Å². The van der Waals surface area contributed by atoms with Crippen LogP contribution in [0, 0.1) is 11.8 Å². The van der Waals surface area contributed by atoms with Crippen molar-refractivity contribution in [2.45, 2.75) is 32.0 Å². The largest absolute Gasteiger partial charge is 0.487 e. The van der Waals surface area contributed by atoms with Gasteiger partial charge in [0.1, 0.15) is 18.1 Å². The van der Waals surface area contributed by atoms with Crippen LogP contribution in [0.2, 0.25) is 0 Å². The fourth-order valence-electron chi connectivity index (χ4n) is 5.01. The van der Waals surface area contributed by atoms with Crippen LogP contribution in [-0.2, 0) is 22.7 Å². The molecule has 1 amide bonds. The van der Waals surface area contributed by atoms with Crippen LogP contribution in [0.15, 0.2) is 36.5 Å². The Hall–Kier alpha value is -2.45. The first-order valence-electron chi connectivity index (χ1n) is 10.9. The van der Waals surface area contributed by atoms with E-state index in [1.165, 1.54) is 0 Å². The molecule has 0 radical (unpaired) electrons. The molecule has 4 saturated heterocycles. The topological polar surface area (TPSA) is 72.7 Å². The quantitative estimate of drug-likeness (QED) is 0.716. The van der Waals surface area contributed by atoms with Crippen LogP contribution in [0.25, 0.3) is 0 Å². The van der Waals surface area contributed by atoms with E-state index in [1.54, 1.807) is 0 Å². The van der Waals surface area contributed by atoms with Crippen LogP contribution >= 0.6 is 0 Å². The molecule has 4 aliphatic rings. The molecule has 8 heteroatoms. The number of carbonyl (C=O) groups is 1. The standard InChI is InChI=1S/C22H29N5O3/c28-22(25-8-10-29-11-9-25)21-15-26-7-6-17(21)12-19(26)14-27-13-18(23-24-27)16-30-20-4-2-1-3-5-20/h1-5,13,17,19,21H,6-12,14-16H2/t17-,19-,21+/m1/s1. The lowest BCUT2D eigenvalue weighted by Crippen LogP contribution is -2.59. The second kappa shape index (κ2) is 8.73. The lowest BCUT2D eigenvalue weighted by atomic mass is 9.75. The molecular formula is C22H29N5O3. The highest BCUT2D eigenvalue weighted by molar-refractivity contribution is 5.79. The van der Waals surface area contributed by atoms with E-state index in [2.05, 4.69) is 15.2 Å². The predicted molar refractivity (Wildman–Crippen MR) is 110 cm³/mol. The van der Waals surface area contributed by atoms with E-state index in [4.69, 9.17) is 9.47 Å². The Bertz CT molecular complexity index is 851. The maximum absolute atomic E-state index is 13.0. The summed E-state index contributed by atoms with van der Waals surface area (Å²) < 4.78 is 13.1. The Labute approximate surface area is 176 Å². The predicted octanol–water partition coefficient (Wildman–Crippen LogP) is 1.43. The highest BCUT2D eigenvalue weighted by atomic mass is 16.5. The van der Waals surface area contributed by atoms with E-state index >= 15 is 0 Å². The van der Waals surface area contributed by atoms with Crippen molar-refractivity contribution >= 4 is 5.91 Å². The summed E-state index contributed by atoms with van der Waals surface area (Å²) >= 11 is 0. The van der Waals surface area contributed by atoms with Crippen molar-refractivity contribution in [2.75, 3.05) is 39.4 Å². The molecule has 2 bridgehead atoms. The molecule has 0 aliphatic carbocycles. The summed E-state index contributed by atoms with van der Waals surface area (Å²) in [6.07, 6.45) is 4.14. The molecule has 4 aliphatic heterocycles. The number of amides is 1. The zero-order chi connectivity index (χ0) is 20.3. The van der Waals surface area contributed by atoms with E-state index in [9.17, 15) is 4.79 Å². The SMILES string of the molecule is O=C([C@H]1CN2CC[C@@H]1C[C@@H]2Cn1cc(COc2ccccc2)nn1)N1CCOCC1. The molecule has 0 N–H and O–H groups in total. The summed E-state index contributed by atoms with van der Waals surface area (Å²) in [7, 11) is 0. The Morgan fingerprint density at radius 2 is 2.00 bits per heavy atom. The van der Waals surface area contributed by atoms with Gasteiger partial charge in [0, 0.05) is 25.7 Å². The smallest absolute Gasteiger partial charge is 0.227 e. The molecule has 5 heterocycles. The van der Waals surface area contributed by atoms with Gasteiger partial charge >= 0.3 is 0 Å². The number of para-hydroxylation sites is 1. The zero-order valence-electron chi connectivity index (χ0n) is 17.2. The lowest BCUT2D eigenvalue weighted by Gasteiger charge is -2.50. The first-order valence-corrected chi connectivity index (χ1v) is 10.9. The van der Waals surface area contributed by atoms with Crippen LogP contribution in [-0.4, -0.2) is 76.1 Å². The van der Waals surface area contributed by atoms with Gasteiger partial charge in [0.25, 0.3) is 0 Å². The van der Waals surface area contributed by atoms with Gasteiger partial charge in [0.15, 0.2) is 0 Å². The van der Waals surface area contributed by atoms with Crippen LogP contribution in [0.5, 0.6) is 5.75 Å². The molecule has 30 heavy (non-hydrogen) atoms. The number of hydrogen-bond acceptors (Lipinski definition) is 6. The maximum Gasteiger partial charge on any atom is 0.227 e. The van der Waals surface area contributed by atoms with Crippen LogP contribution < -0.4 is 4.74 Å². The summed E-state index contributed by atoms with van der Waals surface area (Å²) in [5, 5.41) is 8.56. The fraction of sp³-hybridized carbons (Fsp3) is 0.591. The second-order valence-corrected chi connectivity index (χ2v) is 8.51. The lowest BCUT2D eigenvalue weighted by molar-refractivity contribution is -0.148. The molecule has 6 rings (SSSR count). The van der Waals surface area contributed by atoms with E-state index in [-0.39, 0.29) is 5.92 Å². The monoisotopic (exact) mass is 411 g/mol. The van der Waals surface area contributed by atoms with E-state index in [0.29, 0.717) is 37.7 Å². The highest BCUT2D eigenvalue weighted by Crippen LogP contribution is 2.37. The number of benzene rings is 1. The Balaban J connectivity index is 1.16. The molecular weight excluding hydrogens is 382 g/mol. The van der Waals surface area contributed by atoms with Crippen molar-refractivity contribution in [1.29, 1.82) is 0 Å². The van der Waals surface area contributed by atoms with E-state index < -0.39 is 0 Å². The number of rotatable bonds is 6. The van der Waals surface area contributed by atoms with E-state index in [1.807, 2.05) is 46.1 Å². The summed E-state index contributed by atoms with van der Waals surface area (Å²) in [5.41, 5.74) is 0.829. The van der Waals surface area contributed by atoms with Gasteiger partial charge in [-0.1, -0.05) is 23.4 Å². The van der Waals surface area contributed by atoms with Crippen molar-refractivity contribution < 1.29 is 14.3 Å². The van der Waals surface area contributed by atoms with Crippen LogP contribution in [0.1, 0.15) is 18.5 Å².